The predicted octanol–water partition coefficient (Wildman–Crippen LogP) is 2.24. The van der Waals surface area contributed by atoms with Gasteiger partial charge < -0.3 is 5.32 Å². The summed E-state index contributed by atoms with van der Waals surface area (Å²) in [5, 5.41) is 3.07. The fourth-order valence-electron chi connectivity index (χ4n) is 0.534. The highest BCUT2D eigenvalue weighted by Gasteiger charge is 1.92. The molecule has 0 fully saturated rings. The van der Waals surface area contributed by atoms with E-state index in [1.807, 2.05) is 0 Å². The van der Waals surface area contributed by atoms with Crippen molar-refractivity contribution in [2.45, 2.75) is 13.3 Å². The summed E-state index contributed by atoms with van der Waals surface area (Å²) in [7, 11) is 0. The Kier molecular flexibility index (Phi) is 4.38. The highest BCUT2D eigenvalue weighted by molar-refractivity contribution is 5.22. The first-order valence-electron chi connectivity index (χ1n) is 3.44. The van der Waals surface area contributed by atoms with Crippen LogP contribution in [0.3, 0.4) is 0 Å². The number of nitrogens with one attached hydrogen (secondary N) is 1. The van der Waals surface area contributed by atoms with Crippen molar-refractivity contribution >= 4 is 0 Å². The summed E-state index contributed by atoms with van der Waals surface area (Å²) in [5.41, 5.74) is 1.98. The Balaban J connectivity index is 3.62. The van der Waals surface area contributed by atoms with Crippen LogP contribution in [0.5, 0.6) is 0 Å². The highest BCUT2D eigenvalue weighted by atomic mass is 14.9. The molecule has 0 spiro atoms. The normalized spacial score (nSPS) is 8.50. The van der Waals surface area contributed by atoms with E-state index in [9.17, 15) is 0 Å². The van der Waals surface area contributed by atoms with Crippen molar-refractivity contribution in [1.82, 2.24) is 5.32 Å². The monoisotopic (exact) mass is 137 g/mol. The molecule has 0 saturated carbocycles. The second kappa shape index (κ2) is 4.86. The molecule has 0 aromatic carbocycles. The number of allylic oxidation sites excluding steroid dienone is 1. The van der Waals surface area contributed by atoms with E-state index in [2.05, 4.69) is 32.0 Å². The molecule has 0 aromatic rings. The van der Waals surface area contributed by atoms with E-state index in [1.165, 1.54) is 0 Å². The lowest BCUT2D eigenvalue weighted by Crippen LogP contribution is -2.12. The van der Waals surface area contributed by atoms with Crippen LogP contribution in [-0.4, -0.2) is 6.54 Å². The van der Waals surface area contributed by atoms with E-state index in [4.69, 9.17) is 0 Å². The predicted molar refractivity (Wildman–Crippen MR) is 46.8 cm³/mol. The van der Waals surface area contributed by atoms with E-state index < -0.39 is 0 Å². The van der Waals surface area contributed by atoms with Crippen LogP contribution in [0.15, 0.2) is 37.1 Å². The third kappa shape index (κ3) is 3.13. The summed E-state index contributed by atoms with van der Waals surface area (Å²) < 4.78 is 0. The Bertz CT molecular complexity index is 145. The Morgan fingerprint density at radius 3 is 2.50 bits per heavy atom. The SMILES string of the molecule is C=CCNC(=C)C(=C)CC. The molecular weight excluding hydrogens is 122 g/mol. The molecule has 0 heterocycles. The fraction of sp³-hybridized carbons (Fsp3) is 0.333. The van der Waals surface area contributed by atoms with Gasteiger partial charge in [0.2, 0.25) is 0 Å². The van der Waals surface area contributed by atoms with Crippen molar-refractivity contribution in [3.05, 3.63) is 37.1 Å². The van der Waals surface area contributed by atoms with Crippen molar-refractivity contribution in [1.29, 1.82) is 0 Å². The van der Waals surface area contributed by atoms with Crippen molar-refractivity contribution in [2.24, 2.45) is 0 Å². The van der Waals surface area contributed by atoms with Gasteiger partial charge in [0.15, 0.2) is 0 Å². The molecule has 0 saturated heterocycles. The average Bonchev–Trinajstić information content (AvgIpc) is 1.98. The summed E-state index contributed by atoms with van der Waals surface area (Å²) in [6.07, 6.45) is 2.75. The van der Waals surface area contributed by atoms with Crippen LogP contribution in [0.4, 0.5) is 0 Å². The first-order chi connectivity index (χ1) is 4.72. The van der Waals surface area contributed by atoms with Crippen molar-refractivity contribution in [3.63, 3.8) is 0 Å². The zero-order chi connectivity index (χ0) is 7.98. The van der Waals surface area contributed by atoms with Gasteiger partial charge in [-0.05, 0) is 12.0 Å². The van der Waals surface area contributed by atoms with Gasteiger partial charge in [0.05, 0.1) is 0 Å². The standard InChI is InChI=1S/C9H15N/c1-5-7-10-9(4)8(3)6-2/h5,10H,1,3-4,6-7H2,2H3. The number of rotatable bonds is 5. The first kappa shape index (κ1) is 9.02. The highest BCUT2D eigenvalue weighted by Crippen LogP contribution is 2.04. The van der Waals surface area contributed by atoms with Gasteiger partial charge in [-0.2, -0.15) is 0 Å². The topological polar surface area (TPSA) is 12.0 Å². The van der Waals surface area contributed by atoms with E-state index >= 15 is 0 Å². The Hall–Kier alpha value is -0.980. The molecule has 56 valence electrons. The minimum absolute atomic E-state index is 0.762. The van der Waals surface area contributed by atoms with Crippen LogP contribution in [0.2, 0.25) is 0 Å². The van der Waals surface area contributed by atoms with E-state index in [1.54, 1.807) is 6.08 Å². The van der Waals surface area contributed by atoms with Crippen molar-refractivity contribution < 1.29 is 0 Å². The summed E-state index contributed by atoms with van der Waals surface area (Å²) >= 11 is 0. The molecule has 0 aliphatic carbocycles. The van der Waals surface area contributed by atoms with Crippen LogP contribution >= 0.6 is 0 Å². The van der Waals surface area contributed by atoms with Gasteiger partial charge in [0.1, 0.15) is 0 Å². The van der Waals surface area contributed by atoms with Crippen LogP contribution in [-0.2, 0) is 0 Å². The van der Waals surface area contributed by atoms with Gasteiger partial charge in [-0.15, -0.1) is 6.58 Å². The van der Waals surface area contributed by atoms with Gasteiger partial charge in [-0.3, -0.25) is 0 Å². The summed E-state index contributed by atoms with van der Waals surface area (Å²) in [4.78, 5) is 0. The second-order valence-corrected chi connectivity index (χ2v) is 2.11. The summed E-state index contributed by atoms with van der Waals surface area (Å²) in [6.45, 7) is 14.0. The molecule has 0 unspecified atom stereocenters. The van der Waals surface area contributed by atoms with Gasteiger partial charge in [0.25, 0.3) is 0 Å². The molecule has 1 nitrogen and oxygen atoms in total. The van der Waals surface area contributed by atoms with Crippen LogP contribution in [0, 0.1) is 0 Å². The molecule has 0 radical (unpaired) electrons. The lowest BCUT2D eigenvalue weighted by atomic mass is 10.2. The summed E-state index contributed by atoms with van der Waals surface area (Å²) in [5.74, 6) is 0. The molecule has 0 aliphatic rings. The molecule has 1 heteroatoms. The van der Waals surface area contributed by atoms with E-state index in [0.717, 1.165) is 24.2 Å². The van der Waals surface area contributed by atoms with Gasteiger partial charge in [0, 0.05) is 12.2 Å². The lowest BCUT2D eigenvalue weighted by Gasteiger charge is -2.07. The average molecular weight is 137 g/mol. The maximum Gasteiger partial charge on any atom is 0.0328 e. The maximum absolute atomic E-state index is 3.83. The smallest absolute Gasteiger partial charge is 0.0328 e. The molecule has 0 aliphatic heterocycles. The number of hydrogen-bond acceptors (Lipinski definition) is 1. The number of hydrogen-bond donors (Lipinski definition) is 1. The molecular formula is C9H15N. The third-order valence-corrected chi connectivity index (χ3v) is 1.31. The first-order valence-corrected chi connectivity index (χ1v) is 3.44. The van der Waals surface area contributed by atoms with E-state index in [0.29, 0.717) is 0 Å². The van der Waals surface area contributed by atoms with Crippen LogP contribution < -0.4 is 5.32 Å². The van der Waals surface area contributed by atoms with Crippen molar-refractivity contribution in [2.75, 3.05) is 6.54 Å². The molecule has 0 aromatic heterocycles. The van der Waals surface area contributed by atoms with Gasteiger partial charge in [-0.1, -0.05) is 26.2 Å². The zero-order valence-electron chi connectivity index (χ0n) is 6.61. The quantitative estimate of drug-likeness (QED) is 0.452. The maximum atomic E-state index is 3.83. The largest absolute Gasteiger partial charge is 0.382 e. The molecule has 0 amide bonds. The molecule has 0 bridgehead atoms. The van der Waals surface area contributed by atoms with Gasteiger partial charge >= 0.3 is 0 Å². The third-order valence-electron chi connectivity index (χ3n) is 1.31. The lowest BCUT2D eigenvalue weighted by molar-refractivity contribution is 0.898. The Labute approximate surface area is 63.1 Å². The van der Waals surface area contributed by atoms with Crippen LogP contribution in [0.1, 0.15) is 13.3 Å². The second-order valence-electron chi connectivity index (χ2n) is 2.11. The molecule has 0 atom stereocenters. The minimum Gasteiger partial charge on any atom is -0.382 e. The summed E-state index contributed by atoms with van der Waals surface area (Å²) in [6, 6.07) is 0. The zero-order valence-corrected chi connectivity index (χ0v) is 6.61. The Morgan fingerprint density at radius 1 is 1.50 bits per heavy atom. The fourth-order valence-corrected chi connectivity index (χ4v) is 0.534. The van der Waals surface area contributed by atoms with Gasteiger partial charge in [-0.25, -0.2) is 0 Å². The molecule has 0 rings (SSSR count). The molecule has 10 heavy (non-hydrogen) atoms. The Morgan fingerprint density at radius 2 is 2.10 bits per heavy atom. The minimum atomic E-state index is 0.762. The van der Waals surface area contributed by atoms with Crippen molar-refractivity contribution in [3.8, 4) is 0 Å². The van der Waals surface area contributed by atoms with Crippen LogP contribution in [0.25, 0.3) is 0 Å². The van der Waals surface area contributed by atoms with E-state index in [-0.39, 0.29) is 0 Å². The molecule has 1 N–H and O–H groups in total.